The van der Waals surface area contributed by atoms with E-state index in [1.54, 1.807) is 0 Å². The Labute approximate surface area is 108 Å². The molecule has 1 nitrogen and oxygen atoms in total. The summed E-state index contributed by atoms with van der Waals surface area (Å²) in [6, 6.07) is 0. The number of ether oxygens (including phenoxy) is 1. The van der Waals surface area contributed by atoms with Crippen LogP contribution in [0.3, 0.4) is 0 Å². The maximum atomic E-state index is 6.19. The van der Waals surface area contributed by atoms with E-state index < -0.39 is 0 Å². The average Bonchev–Trinajstić information content (AvgIpc) is 2.17. The van der Waals surface area contributed by atoms with E-state index in [0.717, 1.165) is 22.9 Å². The van der Waals surface area contributed by atoms with Gasteiger partial charge in [-0.05, 0) is 31.1 Å². The molecule has 0 aromatic rings. The highest BCUT2D eigenvalue weighted by Crippen LogP contribution is 2.36. The van der Waals surface area contributed by atoms with Crippen molar-refractivity contribution < 1.29 is 4.74 Å². The van der Waals surface area contributed by atoms with Crippen LogP contribution < -0.4 is 0 Å². The van der Waals surface area contributed by atoms with E-state index in [9.17, 15) is 0 Å². The molecule has 0 aliphatic heterocycles. The standard InChI is InChI=1S/C13H25IO/c1-11(2)6-8-15-13(10-14)7-4-5-12(3)9-13/h11-12H,4-10H2,1-3H3. The van der Waals surface area contributed by atoms with Crippen molar-refractivity contribution in [2.45, 2.75) is 58.5 Å². The number of halogens is 1. The van der Waals surface area contributed by atoms with Gasteiger partial charge in [0.05, 0.1) is 5.60 Å². The molecule has 0 bridgehead atoms. The summed E-state index contributed by atoms with van der Waals surface area (Å²) >= 11 is 2.50. The van der Waals surface area contributed by atoms with Gasteiger partial charge < -0.3 is 4.74 Å². The van der Waals surface area contributed by atoms with Gasteiger partial charge in [-0.3, -0.25) is 0 Å². The van der Waals surface area contributed by atoms with Gasteiger partial charge in [-0.2, -0.15) is 0 Å². The maximum Gasteiger partial charge on any atom is 0.0774 e. The summed E-state index contributed by atoms with van der Waals surface area (Å²) in [6.07, 6.45) is 6.50. The molecule has 0 heterocycles. The molecule has 0 amide bonds. The molecule has 2 atom stereocenters. The monoisotopic (exact) mass is 324 g/mol. The zero-order valence-corrected chi connectivity index (χ0v) is 12.5. The van der Waals surface area contributed by atoms with Crippen LogP contribution in [0, 0.1) is 11.8 Å². The summed E-state index contributed by atoms with van der Waals surface area (Å²) < 4.78 is 7.35. The topological polar surface area (TPSA) is 9.23 Å². The molecule has 0 N–H and O–H groups in total. The van der Waals surface area contributed by atoms with Crippen molar-refractivity contribution in [2.24, 2.45) is 11.8 Å². The van der Waals surface area contributed by atoms with Crippen molar-refractivity contribution in [3.05, 3.63) is 0 Å². The molecule has 15 heavy (non-hydrogen) atoms. The molecule has 1 aliphatic rings. The van der Waals surface area contributed by atoms with E-state index in [0.29, 0.717) is 0 Å². The molecule has 0 aromatic carbocycles. The van der Waals surface area contributed by atoms with E-state index in [4.69, 9.17) is 4.74 Å². The second-order valence-electron chi connectivity index (χ2n) is 5.55. The predicted octanol–water partition coefficient (Wildman–Crippen LogP) is 4.43. The normalized spacial score (nSPS) is 32.2. The summed E-state index contributed by atoms with van der Waals surface area (Å²) in [7, 11) is 0. The third-order valence-corrected chi connectivity index (χ3v) is 4.79. The molecule has 2 unspecified atom stereocenters. The molecular formula is C13H25IO. The van der Waals surface area contributed by atoms with E-state index in [1.807, 2.05) is 0 Å². The van der Waals surface area contributed by atoms with E-state index in [-0.39, 0.29) is 5.60 Å². The third kappa shape index (κ3) is 4.59. The SMILES string of the molecule is CC(C)CCOC1(CI)CCCC(C)C1. The van der Waals surface area contributed by atoms with E-state index >= 15 is 0 Å². The van der Waals surface area contributed by atoms with Crippen LogP contribution in [0.15, 0.2) is 0 Å². The van der Waals surface area contributed by atoms with Crippen molar-refractivity contribution in [3.8, 4) is 0 Å². The molecule has 90 valence electrons. The molecule has 0 saturated heterocycles. The molecular weight excluding hydrogens is 299 g/mol. The molecule has 1 aliphatic carbocycles. The Balaban J connectivity index is 2.38. The Hall–Kier alpha value is 0.690. The maximum absolute atomic E-state index is 6.19. The first-order chi connectivity index (χ1) is 7.08. The van der Waals surface area contributed by atoms with Crippen LogP contribution in [0.25, 0.3) is 0 Å². The smallest absolute Gasteiger partial charge is 0.0774 e. The summed E-state index contributed by atoms with van der Waals surface area (Å²) in [5, 5.41) is 0. The fraction of sp³-hybridized carbons (Fsp3) is 1.00. The largest absolute Gasteiger partial charge is 0.374 e. The van der Waals surface area contributed by atoms with Crippen LogP contribution in [0.1, 0.15) is 52.9 Å². The van der Waals surface area contributed by atoms with Crippen molar-refractivity contribution in [3.63, 3.8) is 0 Å². The Bertz CT molecular complexity index is 181. The van der Waals surface area contributed by atoms with Crippen molar-refractivity contribution >= 4 is 22.6 Å². The first-order valence-corrected chi connectivity index (χ1v) is 7.80. The zero-order chi connectivity index (χ0) is 11.3. The molecule has 0 aromatic heterocycles. The lowest BCUT2D eigenvalue weighted by molar-refractivity contribution is -0.0648. The molecule has 1 fully saturated rings. The minimum absolute atomic E-state index is 0.215. The van der Waals surface area contributed by atoms with Crippen molar-refractivity contribution in [1.82, 2.24) is 0 Å². The Kier molecular flexibility index (Phi) is 5.90. The Morgan fingerprint density at radius 2 is 2.20 bits per heavy atom. The molecule has 1 rings (SSSR count). The highest BCUT2D eigenvalue weighted by atomic mass is 127. The first-order valence-electron chi connectivity index (χ1n) is 6.28. The van der Waals surface area contributed by atoms with Gasteiger partial charge in [-0.1, -0.05) is 56.2 Å². The number of alkyl halides is 1. The minimum Gasteiger partial charge on any atom is -0.374 e. The van der Waals surface area contributed by atoms with Crippen LogP contribution in [-0.4, -0.2) is 16.6 Å². The van der Waals surface area contributed by atoms with Gasteiger partial charge in [-0.25, -0.2) is 0 Å². The third-order valence-electron chi connectivity index (χ3n) is 3.40. The second kappa shape index (κ2) is 6.43. The van der Waals surface area contributed by atoms with Gasteiger partial charge in [0.1, 0.15) is 0 Å². The fourth-order valence-electron chi connectivity index (χ4n) is 2.41. The summed E-state index contributed by atoms with van der Waals surface area (Å²) in [6.45, 7) is 7.85. The highest BCUT2D eigenvalue weighted by molar-refractivity contribution is 14.1. The van der Waals surface area contributed by atoms with Gasteiger partial charge >= 0.3 is 0 Å². The zero-order valence-electron chi connectivity index (χ0n) is 10.4. The molecule has 0 radical (unpaired) electrons. The highest BCUT2D eigenvalue weighted by Gasteiger charge is 2.34. The van der Waals surface area contributed by atoms with Gasteiger partial charge in [0.15, 0.2) is 0 Å². The van der Waals surface area contributed by atoms with Gasteiger partial charge in [0.25, 0.3) is 0 Å². The van der Waals surface area contributed by atoms with Crippen molar-refractivity contribution in [1.29, 1.82) is 0 Å². The Morgan fingerprint density at radius 1 is 1.47 bits per heavy atom. The first kappa shape index (κ1) is 13.8. The average molecular weight is 324 g/mol. The van der Waals surface area contributed by atoms with Crippen LogP contribution in [0.4, 0.5) is 0 Å². The predicted molar refractivity (Wildman–Crippen MR) is 74.7 cm³/mol. The number of hydrogen-bond donors (Lipinski definition) is 0. The van der Waals surface area contributed by atoms with Crippen molar-refractivity contribution in [2.75, 3.05) is 11.0 Å². The quantitative estimate of drug-likeness (QED) is 0.537. The van der Waals surface area contributed by atoms with Crippen LogP contribution >= 0.6 is 22.6 Å². The number of rotatable bonds is 5. The van der Waals surface area contributed by atoms with Crippen LogP contribution in [-0.2, 0) is 4.74 Å². The lowest BCUT2D eigenvalue weighted by Gasteiger charge is -2.39. The molecule has 0 spiro atoms. The van der Waals surface area contributed by atoms with Crippen LogP contribution in [0.2, 0.25) is 0 Å². The van der Waals surface area contributed by atoms with Crippen LogP contribution in [0.5, 0.6) is 0 Å². The lowest BCUT2D eigenvalue weighted by atomic mass is 9.80. The molecule has 2 heteroatoms. The van der Waals surface area contributed by atoms with E-state index in [2.05, 4.69) is 43.4 Å². The second-order valence-corrected chi connectivity index (χ2v) is 6.31. The molecule has 1 saturated carbocycles. The summed E-state index contributed by atoms with van der Waals surface area (Å²) in [5.74, 6) is 1.62. The Morgan fingerprint density at radius 3 is 2.73 bits per heavy atom. The van der Waals surface area contributed by atoms with Gasteiger partial charge in [0.2, 0.25) is 0 Å². The fourth-order valence-corrected chi connectivity index (χ4v) is 3.33. The lowest BCUT2D eigenvalue weighted by Crippen LogP contribution is -2.39. The van der Waals surface area contributed by atoms with Gasteiger partial charge in [-0.15, -0.1) is 0 Å². The van der Waals surface area contributed by atoms with E-state index in [1.165, 1.54) is 32.1 Å². The minimum atomic E-state index is 0.215. The summed E-state index contributed by atoms with van der Waals surface area (Å²) in [5.41, 5.74) is 0.215. The van der Waals surface area contributed by atoms with Gasteiger partial charge in [0, 0.05) is 11.0 Å². The summed E-state index contributed by atoms with van der Waals surface area (Å²) in [4.78, 5) is 0. The number of hydrogen-bond acceptors (Lipinski definition) is 1.